The highest BCUT2D eigenvalue weighted by molar-refractivity contribution is 5.73. The summed E-state index contributed by atoms with van der Waals surface area (Å²) in [6.07, 6.45) is 2.10. The topological polar surface area (TPSA) is 63.3 Å². The van der Waals surface area contributed by atoms with Gasteiger partial charge in [0.05, 0.1) is 6.67 Å². The molecule has 4 heteroatoms. The van der Waals surface area contributed by atoms with Crippen LogP contribution in [-0.4, -0.2) is 23.8 Å². The molecule has 1 fully saturated rings. The zero-order chi connectivity index (χ0) is 9.14. The van der Waals surface area contributed by atoms with Crippen molar-refractivity contribution in [2.24, 2.45) is 17.6 Å². The van der Waals surface area contributed by atoms with Crippen LogP contribution in [-0.2, 0) is 4.79 Å². The van der Waals surface area contributed by atoms with Crippen LogP contribution in [0, 0.1) is 11.8 Å². The number of halogens is 1. The summed E-state index contributed by atoms with van der Waals surface area (Å²) in [5, 5.41) is 8.47. The average Bonchev–Trinajstić information content (AvgIpc) is 1.94. The Labute approximate surface area is 70.7 Å². The van der Waals surface area contributed by atoms with Gasteiger partial charge in [-0.2, -0.15) is 0 Å². The zero-order valence-electron chi connectivity index (χ0n) is 6.87. The maximum atomic E-state index is 12.0. The Bertz CT molecular complexity index is 168. The van der Waals surface area contributed by atoms with E-state index in [0.29, 0.717) is 12.3 Å². The van der Waals surface area contributed by atoms with Gasteiger partial charge < -0.3 is 10.8 Å². The number of hydrogen-bond acceptors (Lipinski definition) is 2. The first kappa shape index (κ1) is 9.45. The van der Waals surface area contributed by atoms with Crippen LogP contribution < -0.4 is 5.73 Å². The van der Waals surface area contributed by atoms with Crippen molar-refractivity contribution in [3.05, 3.63) is 0 Å². The first-order valence-electron chi connectivity index (χ1n) is 4.17. The molecule has 0 aromatic carbocycles. The van der Waals surface area contributed by atoms with Gasteiger partial charge in [-0.25, -0.2) is 0 Å². The molecule has 1 unspecified atom stereocenters. The minimum atomic E-state index is -0.960. The van der Waals surface area contributed by atoms with Gasteiger partial charge in [0.2, 0.25) is 0 Å². The highest BCUT2D eigenvalue weighted by Gasteiger charge is 2.31. The molecule has 0 radical (unpaired) electrons. The van der Waals surface area contributed by atoms with Gasteiger partial charge >= 0.3 is 5.97 Å². The molecule has 1 aliphatic carbocycles. The third kappa shape index (κ3) is 2.17. The minimum absolute atomic E-state index is 0.163. The van der Waals surface area contributed by atoms with Crippen LogP contribution in [0.15, 0.2) is 0 Å². The highest BCUT2D eigenvalue weighted by Crippen LogP contribution is 2.36. The van der Waals surface area contributed by atoms with E-state index in [9.17, 15) is 9.18 Å². The summed E-state index contributed by atoms with van der Waals surface area (Å²) < 4.78 is 12.0. The molecule has 0 heterocycles. The van der Waals surface area contributed by atoms with Crippen molar-refractivity contribution >= 4 is 5.97 Å². The average molecular weight is 175 g/mol. The number of alkyl halides is 1. The molecule has 0 aromatic rings. The smallest absolute Gasteiger partial charge is 0.320 e. The summed E-state index contributed by atoms with van der Waals surface area (Å²) in [6, 6.07) is -0.768. The van der Waals surface area contributed by atoms with Gasteiger partial charge in [-0.3, -0.25) is 9.18 Å². The van der Waals surface area contributed by atoms with Crippen molar-refractivity contribution in [3.8, 4) is 0 Å². The summed E-state index contributed by atoms with van der Waals surface area (Å²) >= 11 is 0. The molecule has 0 saturated heterocycles. The summed E-state index contributed by atoms with van der Waals surface area (Å²) in [6.45, 7) is -0.279. The van der Waals surface area contributed by atoms with Crippen LogP contribution in [0.5, 0.6) is 0 Å². The lowest BCUT2D eigenvalue weighted by molar-refractivity contribution is -0.139. The van der Waals surface area contributed by atoms with Crippen molar-refractivity contribution in [2.45, 2.75) is 25.3 Å². The Morgan fingerprint density at radius 2 is 2.17 bits per heavy atom. The molecule has 0 aromatic heterocycles. The van der Waals surface area contributed by atoms with E-state index in [2.05, 4.69) is 0 Å². The summed E-state index contributed by atoms with van der Waals surface area (Å²) in [4.78, 5) is 10.3. The lowest BCUT2D eigenvalue weighted by atomic mass is 9.73. The Kier molecular flexibility index (Phi) is 3.03. The van der Waals surface area contributed by atoms with E-state index in [1.54, 1.807) is 0 Å². The molecule has 12 heavy (non-hydrogen) atoms. The Balaban J connectivity index is 2.14. The summed E-state index contributed by atoms with van der Waals surface area (Å²) in [5.41, 5.74) is 5.32. The maximum absolute atomic E-state index is 12.0. The molecule has 1 saturated carbocycles. The first-order chi connectivity index (χ1) is 5.63. The first-order valence-corrected chi connectivity index (χ1v) is 4.17. The Morgan fingerprint density at radius 3 is 2.58 bits per heavy atom. The largest absolute Gasteiger partial charge is 0.480 e. The molecule has 0 amide bonds. The van der Waals surface area contributed by atoms with E-state index < -0.39 is 12.0 Å². The standard InChI is InChI=1S/C8H14FNO2/c9-4-6-1-5(2-6)3-7(10)8(11)12/h5-7H,1-4,10H2,(H,11,12). The Morgan fingerprint density at radius 1 is 1.58 bits per heavy atom. The molecular weight excluding hydrogens is 161 g/mol. The van der Waals surface area contributed by atoms with Crippen LogP contribution >= 0.6 is 0 Å². The third-order valence-electron chi connectivity index (χ3n) is 2.46. The maximum Gasteiger partial charge on any atom is 0.320 e. The van der Waals surface area contributed by atoms with Crippen LogP contribution in [0.1, 0.15) is 19.3 Å². The zero-order valence-corrected chi connectivity index (χ0v) is 6.87. The van der Waals surface area contributed by atoms with Gasteiger partial charge in [0.25, 0.3) is 0 Å². The van der Waals surface area contributed by atoms with Gasteiger partial charge in [-0.1, -0.05) is 0 Å². The van der Waals surface area contributed by atoms with Gasteiger partial charge in [0.1, 0.15) is 6.04 Å². The van der Waals surface area contributed by atoms with Gasteiger partial charge in [-0.15, -0.1) is 0 Å². The number of hydrogen-bond donors (Lipinski definition) is 2. The quantitative estimate of drug-likeness (QED) is 0.663. The fourth-order valence-electron chi connectivity index (χ4n) is 1.65. The van der Waals surface area contributed by atoms with Crippen LogP contribution in [0.3, 0.4) is 0 Å². The van der Waals surface area contributed by atoms with Crippen molar-refractivity contribution in [3.63, 3.8) is 0 Å². The molecule has 0 spiro atoms. The van der Waals surface area contributed by atoms with E-state index in [0.717, 1.165) is 12.8 Å². The van der Waals surface area contributed by atoms with Crippen LogP contribution in [0.4, 0.5) is 4.39 Å². The van der Waals surface area contributed by atoms with E-state index in [-0.39, 0.29) is 12.6 Å². The normalized spacial score (nSPS) is 30.8. The fourth-order valence-corrected chi connectivity index (χ4v) is 1.65. The molecule has 0 aliphatic heterocycles. The minimum Gasteiger partial charge on any atom is -0.480 e. The van der Waals surface area contributed by atoms with Crippen LogP contribution in [0.2, 0.25) is 0 Å². The Hall–Kier alpha value is -0.640. The number of aliphatic carboxylic acids is 1. The molecule has 0 bridgehead atoms. The molecular formula is C8H14FNO2. The lowest BCUT2D eigenvalue weighted by Crippen LogP contribution is -2.36. The van der Waals surface area contributed by atoms with Crippen molar-refractivity contribution in [2.75, 3.05) is 6.67 Å². The molecule has 3 N–H and O–H groups in total. The second-order valence-electron chi connectivity index (χ2n) is 3.54. The SMILES string of the molecule is NC(CC1CC(CF)C1)C(=O)O. The molecule has 3 nitrogen and oxygen atoms in total. The number of carboxylic acids is 1. The van der Waals surface area contributed by atoms with Gasteiger partial charge in [0.15, 0.2) is 0 Å². The third-order valence-corrected chi connectivity index (χ3v) is 2.46. The van der Waals surface area contributed by atoms with Crippen molar-refractivity contribution < 1.29 is 14.3 Å². The summed E-state index contributed by atoms with van der Waals surface area (Å²) in [7, 11) is 0. The van der Waals surface area contributed by atoms with E-state index in [1.807, 2.05) is 0 Å². The second-order valence-corrected chi connectivity index (χ2v) is 3.54. The predicted octanol–water partition coefficient (Wildman–Crippen LogP) is 0.784. The number of rotatable bonds is 4. The van der Waals surface area contributed by atoms with Crippen molar-refractivity contribution in [1.29, 1.82) is 0 Å². The monoisotopic (exact) mass is 175 g/mol. The van der Waals surface area contributed by atoms with Crippen LogP contribution in [0.25, 0.3) is 0 Å². The number of carboxylic acid groups (broad SMARTS) is 1. The van der Waals surface area contributed by atoms with E-state index >= 15 is 0 Å². The van der Waals surface area contributed by atoms with Gasteiger partial charge in [0, 0.05) is 0 Å². The molecule has 1 atom stereocenters. The van der Waals surface area contributed by atoms with E-state index in [4.69, 9.17) is 10.8 Å². The lowest BCUT2D eigenvalue weighted by Gasteiger charge is -2.34. The number of carbonyl (C=O) groups is 1. The van der Waals surface area contributed by atoms with Crippen molar-refractivity contribution in [1.82, 2.24) is 0 Å². The predicted molar refractivity (Wildman–Crippen MR) is 42.4 cm³/mol. The molecule has 1 aliphatic rings. The fraction of sp³-hybridized carbons (Fsp3) is 0.875. The van der Waals surface area contributed by atoms with Gasteiger partial charge in [-0.05, 0) is 31.1 Å². The highest BCUT2D eigenvalue weighted by atomic mass is 19.1. The molecule has 1 rings (SSSR count). The molecule has 70 valence electrons. The second kappa shape index (κ2) is 3.85. The summed E-state index contributed by atoms with van der Waals surface area (Å²) in [5.74, 6) is -0.466. The van der Waals surface area contributed by atoms with E-state index in [1.165, 1.54) is 0 Å². The number of nitrogens with two attached hydrogens (primary N) is 1.